The van der Waals surface area contributed by atoms with Gasteiger partial charge in [-0.25, -0.2) is 0 Å². The van der Waals surface area contributed by atoms with E-state index in [4.69, 9.17) is 0 Å². The van der Waals surface area contributed by atoms with Gasteiger partial charge in [-0.15, -0.1) is 0 Å². The quantitative estimate of drug-likeness (QED) is 0.895. The highest BCUT2D eigenvalue weighted by Crippen LogP contribution is 2.26. The van der Waals surface area contributed by atoms with E-state index in [1.165, 1.54) is 0 Å². The molecular formula is C17H16BrN3O2. The van der Waals surface area contributed by atoms with E-state index < -0.39 is 0 Å². The van der Waals surface area contributed by atoms with Crippen molar-refractivity contribution in [2.24, 2.45) is 5.92 Å². The van der Waals surface area contributed by atoms with Crippen LogP contribution in [0.25, 0.3) is 0 Å². The van der Waals surface area contributed by atoms with Crippen LogP contribution in [-0.2, 0) is 16.1 Å². The molecule has 6 heteroatoms. The van der Waals surface area contributed by atoms with Gasteiger partial charge in [-0.1, -0.05) is 22.0 Å². The average Bonchev–Trinajstić information content (AvgIpc) is 2.96. The van der Waals surface area contributed by atoms with Crippen LogP contribution in [0.5, 0.6) is 0 Å². The van der Waals surface area contributed by atoms with Crippen LogP contribution >= 0.6 is 15.9 Å². The minimum atomic E-state index is -0.317. The first-order chi connectivity index (χ1) is 11.1. The van der Waals surface area contributed by atoms with Gasteiger partial charge in [0.2, 0.25) is 11.8 Å². The lowest BCUT2D eigenvalue weighted by molar-refractivity contribution is -0.126. The smallest absolute Gasteiger partial charge is 0.227 e. The Balaban J connectivity index is 1.60. The Morgan fingerprint density at radius 2 is 2.09 bits per heavy atom. The van der Waals surface area contributed by atoms with Gasteiger partial charge in [0.15, 0.2) is 0 Å². The van der Waals surface area contributed by atoms with Crippen LogP contribution in [-0.4, -0.2) is 23.3 Å². The van der Waals surface area contributed by atoms with Crippen molar-refractivity contribution in [3.05, 3.63) is 58.8 Å². The molecule has 0 bridgehead atoms. The van der Waals surface area contributed by atoms with Crippen molar-refractivity contribution >= 4 is 33.4 Å². The second kappa shape index (κ2) is 6.91. The van der Waals surface area contributed by atoms with Crippen LogP contribution in [0.15, 0.2) is 53.3 Å². The minimum Gasteiger partial charge on any atom is -0.352 e. The molecule has 3 rings (SSSR count). The first-order valence-corrected chi connectivity index (χ1v) is 8.15. The third-order valence-electron chi connectivity index (χ3n) is 3.82. The Bertz CT molecular complexity index is 704. The van der Waals surface area contributed by atoms with E-state index in [9.17, 15) is 9.59 Å². The molecule has 1 aliphatic rings. The highest BCUT2D eigenvalue weighted by atomic mass is 79.9. The second-order valence-electron chi connectivity index (χ2n) is 5.46. The molecule has 23 heavy (non-hydrogen) atoms. The fourth-order valence-electron chi connectivity index (χ4n) is 2.59. The summed E-state index contributed by atoms with van der Waals surface area (Å²) in [6.07, 6.45) is 3.65. The summed E-state index contributed by atoms with van der Waals surface area (Å²) in [7, 11) is 0. The van der Waals surface area contributed by atoms with Crippen molar-refractivity contribution < 1.29 is 9.59 Å². The van der Waals surface area contributed by atoms with Gasteiger partial charge in [0.25, 0.3) is 0 Å². The largest absolute Gasteiger partial charge is 0.352 e. The van der Waals surface area contributed by atoms with Crippen molar-refractivity contribution in [1.29, 1.82) is 0 Å². The Labute approximate surface area is 142 Å². The fraction of sp³-hybridized carbons (Fsp3) is 0.235. The third-order valence-corrected chi connectivity index (χ3v) is 4.35. The summed E-state index contributed by atoms with van der Waals surface area (Å²) in [6, 6.07) is 11.3. The summed E-state index contributed by atoms with van der Waals surface area (Å²) >= 11 is 3.37. The Hall–Kier alpha value is -2.21. The summed E-state index contributed by atoms with van der Waals surface area (Å²) in [4.78, 5) is 30.1. The normalized spacial score (nSPS) is 17.3. The molecule has 1 aliphatic heterocycles. The van der Waals surface area contributed by atoms with Gasteiger partial charge < -0.3 is 10.2 Å². The lowest BCUT2D eigenvalue weighted by atomic mass is 10.1. The number of amides is 2. The SMILES string of the molecule is O=C(NCc1cccnc1)C1CC(=O)N(c2ccc(Br)cc2)C1. The maximum atomic E-state index is 12.3. The molecule has 1 saturated heterocycles. The van der Waals surface area contributed by atoms with Crippen molar-refractivity contribution in [3.63, 3.8) is 0 Å². The lowest BCUT2D eigenvalue weighted by Crippen LogP contribution is -2.32. The molecule has 1 atom stereocenters. The van der Waals surface area contributed by atoms with Gasteiger partial charge in [-0.2, -0.15) is 0 Å². The highest BCUT2D eigenvalue weighted by Gasteiger charge is 2.34. The number of aromatic nitrogens is 1. The van der Waals surface area contributed by atoms with E-state index in [1.54, 1.807) is 17.3 Å². The summed E-state index contributed by atoms with van der Waals surface area (Å²) in [5.41, 5.74) is 1.76. The van der Waals surface area contributed by atoms with E-state index in [-0.39, 0.29) is 24.2 Å². The maximum Gasteiger partial charge on any atom is 0.227 e. The number of benzene rings is 1. The Morgan fingerprint density at radius 1 is 1.30 bits per heavy atom. The van der Waals surface area contributed by atoms with E-state index in [0.717, 1.165) is 15.7 Å². The zero-order valence-electron chi connectivity index (χ0n) is 12.4. The van der Waals surface area contributed by atoms with Crippen LogP contribution in [0.3, 0.4) is 0 Å². The monoisotopic (exact) mass is 373 g/mol. The number of rotatable bonds is 4. The molecule has 0 spiro atoms. The Kier molecular flexibility index (Phi) is 4.71. The Morgan fingerprint density at radius 3 is 2.78 bits per heavy atom. The number of carbonyl (C=O) groups excluding carboxylic acids is 2. The van der Waals surface area contributed by atoms with Gasteiger partial charge >= 0.3 is 0 Å². The zero-order chi connectivity index (χ0) is 16.2. The van der Waals surface area contributed by atoms with Crippen molar-refractivity contribution in [2.75, 3.05) is 11.4 Å². The first-order valence-electron chi connectivity index (χ1n) is 7.36. The molecule has 0 aliphatic carbocycles. The first kappa shape index (κ1) is 15.7. The van der Waals surface area contributed by atoms with Gasteiger partial charge in [-0.3, -0.25) is 14.6 Å². The summed E-state index contributed by atoms with van der Waals surface area (Å²) in [5, 5.41) is 2.88. The number of hydrogen-bond acceptors (Lipinski definition) is 3. The maximum absolute atomic E-state index is 12.3. The van der Waals surface area contributed by atoms with Crippen LogP contribution in [0.2, 0.25) is 0 Å². The van der Waals surface area contributed by atoms with Crippen LogP contribution < -0.4 is 10.2 Å². The molecule has 1 fully saturated rings. The molecule has 1 N–H and O–H groups in total. The number of carbonyl (C=O) groups is 2. The zero-order valence-corrected chi connectivity index (χ0v) is 14.0. The summed E-state index contributed by atoms with van der Waals surface area (Å²) < 4.78 is 0.957. The van der Waals surface area contributed by atoms with Crippen molar-refractivity contribution in [2.45, 2.75) is 13.0 Å². The molecular weight excluding hydrogens is 358 g/mol. The number of pyridine rings is 1. The predicted molar refractivity (Wildman–Crippen MR) is 90.7 cm³/mol. The van der Waals surface area contributed by atoms with Crippen LogP contribution in [0.1, 0.15) is 12.0 Å². The fourth-order valence-corrected chi connectivity index (χ4v) is 2.85. The molecule has 2 amide bonds. The number of nitrogens with one attached hydrogen (secondary N) is 1. The molecule has 5 nitrogen and oxygen atoms in total. The second-order valence-corrected chi connectivity index (χ2v) is 6.38. The van der Waals surface area contributed by atoms with Crippen LogP contribution in [0.4, 0.5) is 5.69 Å². The minimum absolute atomic E-state index is 0.0196. The lowest BCUT2D eigenvalue weighted by Gasteiger charge is -2.16. The standard InChI is InChI=1S/C17H16BrN3O2/c18-14-3-5-15(6-4-14)21-11-13(8-16(21)22)17(23)20-10-12-2-1-7-19-9-12/h1-7,9,13H,8,10-11H2,(H,20,23). The van der Waals surface area contributed by atoms with Gasteiger partial charge in [-0.05, 0) is 35.9 Å². The van der Waals surface area contributed by atoms with E-state index in [1.807, 2.05) is 36.4 Å². The number of hydrogen-bond donors (Lipinski definition) is 1. The summed E-state index contributed by atoms with van der Waals surface area (Å²) in [6.45, 7) is 0.842. The molecule has 118 valence electrons. The molecule has 2 aromatic rings. The van der Waals surface area contributed by atoms with Crippen molar-refractivity contribution in [1.82, 2.24) is 10.3 Å². The molecule has 0 saturated carbocycles. The number of nitrogens with zero attached hydrogens (tertiary/aromatic N) is 2. The van der Waals surface area contributed by atoms with E-state index in [0.29, 0.717) is 13.1 Å². The van der Waals surface area contributed by atoms with Gasteiger partial charge in [0, 0.05) is 42.1 Å². The average molecular weight is 374 g/mol. The van der Waals surface area contributed by atoms with E-state index >= 15 is 0 Å². The topological polar surface area (TPSA) is 62.3 Å². The summed E-state index contributed by atoms with van der Waals surface area (Å²) in [5.74, 6) is -0.432. The molecule has 1 aromatic heterocycles. The van der Waals surface area contributed by atoms with Gasteiger partial charge in [0.05, 0.1) is 5.92 Å². The molecule has 1 unspecified atom stereocenters. The molecule has 0 radical (unpaired) electrons. The van der Waals surface area contributed by atoms with E-state index in [2.05, 4.69) is 26.2 Å². The molecule has 2 heterocycles. The highest BCUT2D eigenvalue weighted by molar-refractivity contribution is 9.10. The number of anilines is 1. The third kappa shape index (κ3) is 3.76. The van der Waals surface area contributed by atoms with Gasteiger partial charge in [0.1, 0.15) is 0 Å². The predicted octanol–water partition coefficient (Wildman–Crippen LogP) is 2.51. The number of halogens is 1. The molecule has 1 aromatic carbocycles. The van der Waals surface area contributed by atoms with Crippen molar-refractivity contribution in [3.8, 4) is 0 Å². The van der Waals surface area contributed by atoms with Crippen LogP contribution in [0, 0.1) is 5.92 Å².